The number of H-pyrrole nitrogens is 1. The van der Waals surface area contributed by atoms with Gasteiger partial charge in [0.05, 0.1) is 18.0 Å². The number of hydrogen-bond donors (Lipinski definition) is 4. The van der Waals surface area contributed by atoms with E-state index in [0.29, 0.717) is 55.0 Å². The van der Waals surface area contributed by atoms with Gasteiger partial charge in [-0.3, -0.25) is 19.5 Å². The van der Waals surface area contributed by atoms with Crippen molar-refractivity contribution in [1.82, 2.24) is 36.0 Å². The highest BCUT2D eigenvalue weighted by Crippen LogP contribution is 2.47. The number of aryl methyl sites for hydroxylation is 3. The van der Waals surface area contributed by atoms with Crippen LogP contribution < -0.4 is 16.0 Å². The standard InChI is InChI=1S/C32H38N8O3/c1-19(36-18-28(41)40-13-5-6-25(40)17-33)16-32(31-37-20(2)38-39-31)26-11-9-23(29(42)34-3)14-21(26)7-8-22-15-24(30(43)35-4)10-12-27(22)32/h9-12,14-15,19,25,36H,5-8,13,16,18H2,1-4H3,(H,34,42)(H,35,43)(H,37,38,39)/t19-,25-/m0/s1. The Labute approximate surface area is 251 Å². The van der Waals surface area contributed by atoms with Crippen LogP contribution in [-0.2, 0) is 23.1 Å². The quantitative estimate of drug-likeness (QED) is 0.317. The molecule has 1 aliphatic heterocycles. The van der Waals surface area contributed by atoms with Gasteiger partial charge in [-0.15, -0.1) is 0 Å². The first-order chi connectivity index (χ1) is 20.7. The Kier molecular flexibility index (Phi) is 8.59. The average Bonchev–Trinajstić information content (AvgIpc) is 3.67. The highest BCUT2D eigenvalue weighted by atomic mass is 16.2. The summed E-state index contributed by atoms with van der Waals surface area (Å²) >= 11 is 0. The summed E-state index contributed by atoms with van der Waals surface area (Å²) < 4.78 is 0. The van der Waals surface area contributed by atoms with E-state index in [4.69, 9.17) is 10.1 Å². The minimum absolute atomic E-state index is 0.0919. The van der Waals surface area contributed by atoms with Crippen molar-refractivity contribution in [3.8, 4) is 6.07 Å². The van der Waals surface area contributed by atoms with Crippen LogP contribution in [0.5, 0.6) is 0 Å². The Morgan fingerprint density at radius 3 is 2.19 bits per heavy atom. The van der Waals surface area contributed by atoms with Gasteiger partial charge in [0.2, 0.25) is 5.91 Å². The van der Waals surface area contributed by atoms with Gasteiger partial charge in [0, 0.05) is 37.8 Å². The summed E-state index contributed by atoms with van der Waals surface area (Å²) in [6.45, 7) is 4.58. The number of aromatic nitrogens is 3. The molecule has 2 aliphatic rings. The maximum Gasteiger partial charge on any atom is 0.251 e. The van der Waals surface area contributed by atoms with E-state index in [1.54, 1.807) is 19.0 Å². The van der Waals surface area contributed by atoms with Crippen LogP contribution in [0.1, 0.15) is 80.8 Å². The number of likely N-dealkylation sites (tertiary alicyclic amines) is 1. The summed E-state index contributed by atoms with van der Waals surface area (Å²) in [6, 6.07) is 13.2. The van der Waals surface area contributed by atoms with Gasteiger partial charge in [-0.05, 0) is 92.5 Å². The van der Waals surface area contributed by atoms with Crippen LogP contribution >= 0.6 is 0 Å². The number of nitrogens with zero attached hydrogens (tertiary/aromatic N) is 4. The summed E-state index contributed by atoms with van der Waals surface area (Å²) in [5.41, 5.74) is 4.23. The number of hydrogen-bond acceptors (Lipinski definition) is 7. The lowest BCUT2D eigenvalue weighted by Crippen LogP contribution is -2.45. The molecule has 0 saturated carbocycles. The van der Waals surface area contributed by atoms with Crippen molar-refractivity contribution < 1.29 is 14.4 Å². The SMILES string of the molecule is CNC(=O)c1ccc2c(c1)CCc1cc(C(=O)NC)ccc1C2(C[C@H](C)NCC(=O)N1CCC[C@H]1C#N)c1n[nH]c(C)n1. The third-order valence-electron chi connectivity index (χ3n) is 8.69. The molecule has 0 spiro atoms. The molecule has 1 saturated heterocycles. The van der Waals surface area contributed by atoms with E-state index in [9.17, 15) is 19.6 Å². The fraction of sp³-hybridized carbons (Fsp3) is 0.438. The molecule has 2 heterocycles. The summed E-state index contributed by atoms with van der Waals surface area (Å²) in [5.74, 6) is 0.816. The lowest BCUT2D eigenvalue weighted by atomic mass is 9.67. The summed E-state index contributed by atoms with van der Waals surface area (Å²) in [6.07, 6.45) is 3.34. The van der Waals surface area contributed by atoms with Gasteiger partial charge in [0.1, 0.15) is 11.9 Å². The minimum atomic E-state index is -0.854. The zero-order valence-corrected chi connectivity index (χ0v) is 25.1. The highest BCUT2D eigenvalue weighted by Gasteiger charge is 2.45. The molecule has 2 aromatic carbocycles. The van der Waals surface area contributed by atoms with Gasteiger partial charge in [0.15, 0.2) is 5.82 Å². The number of fused-ring (bicyclic) bond motifs is 2. The van der Waals surface area contributed by atoms with E-state index in [1.165, 1.54) is 0 Å². The maximum absolute atomic E-state index is 13.1. The van der Waals surface area contributed by atoms with Crippen LogP contribution in [-0.4, -0.2) is 77.1 Å². The zero-order valence-electron chi connectivity index (χ0n) is 25.1. The topological polar surface area (TPSA) is 156 Å². The second-order valence-electron chi connectivity index (χ2n) is 11.4. The number of nitriles is 1. The Morgan fingerprint density at radius 2 is 1.67 bits per heavy atom. The molecule has 1 fully saturated rings. The first-order valence-electron chi connectivity index (χ1n) is 14.7. The average molecular weight is 583 g/mol. The third kappa shape index (κ3) is 5.62. The second kappa shape index (κ2) is 12.4. The maximum atomic E-state index is 13.1. The number of benzene rings is 2. The molecule has 1 aromatic heterocycles. The number of aromatic amines is 1. The van der Waals surface area contributed by atoms with Gasteiger partial charge in [-0.25, -0.2) is 4.98 Å². The Bertz CT molecular complexity index is 1520. The van der Waals surface area contributed by atoms with Crippen molar-refractivity contribution in [2.45, 2.75) is 63.5 Å². The molecule has 0 radical (unpaired) electrons. The van der Waals surface area contributed by atoms with Crippen LogP contribution in [0, 0.1) is 18.3 Å². The van der Waals surface area contributed by atoms with E-state index in [0.717, 1.165) is 28.7 Å². The molecule has 3 aromatic rings. The molecule has 224 valence electrons. The van der Waals surface area contributed by atoms with E-state index in [2.05, 4.69) is 27.1 Å². The molecule has 1 aliphatic carbocycles. The predicted octanol–water partition coefficient (Wildman–Crippen LogP) is 2.15. The van der Waals surface area contributed by atoms with Crippen molar-refractivity contribution in [1.29, 1.82) is 5.26 Å². The predicted molar refractivity (Wildman–Crippen MR) is 161 cm³/mol. The van der Waals surface area contributed by atoms with Gasteiger partial charge >= 0.3 is 0 Å². The minimum Gasteiger partial charge on any atom is -0.355 e. The molecule has 11 nitrogen and oxygen atoms in total. The largest absolute Gasteiger partial charge is 0.355 e. The van der Waals surface area contributed by atoms with Gasteiger partial charge in [-0.2, -0.15) is 10.4 Å². The molecule has 4 N–H and O–H groups in total. The molecule has 0 bridgehead atoms. The molecular formula is C32H38N8O3. The van der Waals surface area contributed by atoms with Crippen LogP contribution in [0.3, 0.4) is 0 Å². The molecule has 2 atom stereocenters. The number of carbonyl (C=O) groups excluding carboxylic acids is 3. The van der Waals surface area contributed by atoms with E-state index in [-0.39, 0.29) is 36.3 Å². The fourth-order valence-corrected chi connectivity index (χ4v) is 6.60. The lowest BCUT2D eigenvalue weighted by Gasteiger charge is -2.37. The number of carbonyl (C=O) groups is 3. The van der Waals surface area contributed by atoms with E-state index in [1.807, 2.05) is 50.2 Å². The Balaban J connectivity index is 1.62. The van der Waals surface area contributed by atoms with Crippen LogP contribution in [0.15, 0.2) is 36.4 Å². The Morgan fingerprint density at radius 1 is 1.07 bits per heavy atom. The normalized spacial score (nSPS) is 17.7. The van der Waals surface area contributed by atoms with Crippen LogP contribution in [0.25, 0.3) is 0 Å². The first kappa shape index (κ1) is 29.9. The lowest BCUT2D eigenvalue weighted by molar-refractivity contribution is -0.130. The summed E-state index contributed by atoms with van der Waals surface area (Å²) in [4.78, 5) is 44.8. The highest BCUT2D eigenvalue weighted by molar-refractivity contribution is 5.95. The van der Waals surface area contributed by atoms with Crippen molar-refractivity contribution in [3.05, 3.63) is 81.4 Å². The number of rotatable bonds is 8. The van der Waals surface area contributed by atoms with Crippen molar-refractivity contribution in [2.75, 3.05) is 27.2 Å². The zero-order chi connectivity index (χ0) is 30.7. The monoisotopic (exact) mass is 582 g/mol. The van der Waals surface area contributed by atoms with Crippen LogP contribution in [0.2, 0.25) is 0 Å². The van der Waals surface area contributed by atoms with Gasteiger partial charge in [0.25, 0.3) is 11.8 Å². The molecule has 5 rings (SSSR count). The van der Waals surface area contributed by atoms with Crippen LogP contribution in [0.4, 0.5) is 0 Å². The van der Waals surface area contributed by atoms with Crippen molar-refractivity contribution in [3.63, 3.8) is 0 Å². The fourth-order valence-electron chi connectivity index (χ4n) is 6.60. The van der Waals surface area contributed by atoms with Gasteiger partial charge in [-0.1, -0.05) is 12.1 Å². The first-order valence-corrected chi connectivity index (χ1v) is 14.7. The second-order valence-corrected chi connectivity index (χ2v) is 11.4. The molecule has 11 heteroatoms. The molecule has 3 amide bonds. The van der Waals surface area contributed by atoms with Gasteiger partial charge < -0.3 is 20.9 Å². The summed E-state index contributed by atoms with van der Waals surface area (Å²) in [5, 5.41) is 26.0. The number of nitrogens with one attached hydrogen (secondary N) is 4. The Hall–Kier alpha value is -4.56. The smallest absolute Gasteiger partial charge is 0.251 e. The number of amides is 3. The van der Waals surface area contributed by atoms with E-state index < -0.39 is 5.41 Å². The molecular weight excluding hydrogens is 544 g/mol. The third-order valence-corrected chi connectivity index (χ3v) is 8.69. The van der Waals surface area contributed by atoms with Crippen molar-refractivity contribution >= 4 is 17.7 Å². The molecule has 43 heavy (non-hydrogen) atoms. The van der Waals surface area contributed by atoms with Crippen molar-refractivity contribution in [2.24, 2.45) is 0 Å². The molecule has 0 unspecified atom stereocenters. The van der Waals surface area contributed by atoms with E-state index >= 15 is 0 Å². The summed E-state index contributed by atoms with van der Waals surface area (Å²) in [7, 11) is 3.22.